The molecule has 1 fully saturated rings. The van der Waals surface area contributed by atoms with E-state index in [-0.39, 0.29) is 11.8 Å². The summed E-state index contributed by atoms with van der Waals surface area (Å²) in [5.74, 6) is 1.06. The van der Waals surface area contributed by atoms with E-state index >= 15 is 0 Å². The minimum Gasteiger partial charge on any atom is -0.352 e. The number of likely N-dealkylation sites (tertiary alicyclic amines) is 1. The summed E-state index contributed by atoms with van der Waals surface area (Å²) in [6.07, 6.45) is 1.58. The van der Waals surface area contributed by atoms with Gasteiger partial charge in [0.2, 0.25) is 17.6 Å². The van der Waals surface area contributed by atoms with Crippen LogP contribution < -0.4 is 5.32 Å². The van der Waals surface area contributed by atoms with Crippen molar-refractivity contribution in [3.8, 4) is 11.4 Å². The van der Waals surface area contributed by atoms with Crippen molar-refractivity contribution >= 4 is 40.7 Å². The molecule has 4 rings (SSSR count). The molecule has 1 amide bonds. The highest BCUT2D eigenvalue weighted by atomic mass is 35.5. The number of carbonyl (C=O) groups excluding carboxylic acids is 1. The first kappa shape index (κ1) is 22.1. The van der Waals surface area contributed by atoms with Gasteiger partial charge < -0.3 is 9.84 Å². The van der Waals surface area contributed by atoms with Crippen LogP contribution in [0.5, 0.6) is 0 Å². The zero-order chi connectivity index (χ0) is 21.8. The third kappa shape index (κ3) is 5.77. The largest absolute Gasteiger partial charge is 0.352 e. The van der Waals surface area contributed by atoms with Crippen molar-refractivity contribution in [2.45, 2.75) is 25.9 Å². The summed E-state index contributed by atoms with van der Waals surface area (Å²) in [5.41, 5.74) is 1.71. The summed E-state index contributed by atoms with van der Waals surface area (Å²) >= 11 is 18.1. The van der Waals surface area contributed by atoms with E-state index in [1.54, 1.807) is 18.2 Å². The molecule has 0 bridgehead atoms. The van der Waals surface area contributed by atoms with Crippen LogP contribution in [0.15, 0.2) is 47.0 Å². The van der Waals surface area contributed by atoms with Crippen LogP contribution in [0.4, 0.5) is 0 Å². The fraction of sp³-hybridized carbons (Fsp3) is 0.318. The minimum absolute atomic E-state index is 0.00895. The number of rotatable bonds is 6. The van der Waals surface area contributed by atoms with Crippen LogP contribution in [0, 0.1) is 5.92 Å². The Labute approximate surface area is 195 Å². The van der Waals surface area contributed by atoms with Gasteiger partial charge in [-0.25, -0.2) is 0 Å². The molecule has 2 aromatic carbocycles. The van der Waals surface area contributed by atoms with E-state index in [0.29, 0.717) is 45.4 Å². The predicted octanol–water partition coefficient (Wildman–Crippen LogP) is 5.23. The Bertz CT molecular complexity index is 1050. The monoisotopic (exact) mass is 478 g/mol. The molecule has 0 spiro atoms. The number of hydrogen-bond acceptors (Lipinski definition) is 5. The molecule has 0 aliphatic carbocycles. The lowest BCUT2D eigenvalue weighted by atomic mass is 9.96. The minimum atomic E-state index is 0.00895. The number of aromatic nitrogens is 2. The second-order valence-corrected chi connectivity index (χ2v) is 8.81. The van der Waals surface area contributed by atoms with Gasteiger partial charge in [-0.3, -0.25) is 9.69 Å². The summed E-state index contributed by atoms with van der Waals surface area (Å²) in [6, 6.07) is 12.6. The van der Waals surface area contributed by atoms with Crippen LogP contribution in [0.3, 0.4) is 0 Å². The normalized spacial score (nSPS) is 15.2. The standard InChI is InChI=1S/C22H21Cl3N4O2/c23-16-3-1-14(2-4-16)12-26-22(30)15-7-9-29(10-8-15)13-20-27-21(28-31-20)18-6-5-17(24)11-19(18)25/h1-6,11,15H,7-10,12-13H2,(H,26,30). The average Bonchev–Trinajstić information content (AvgIpc) is 3.21. The van der Waals surface area contributed by atoms with Gasteiger partial charge in [-0.1, -0.05) is 52.1 Å². The maximum Gasteiger partial charge on any atom is 0.241 e. The molecule has 0 atom stereocenters. The number of amides is 1. The van der Waals surface area contributed by atoms with Crippen LogP contribution in [-0.4, -0.2) is 34.0 Å². The molecule has 0 unspecified atom stereocenters. The van der Waals surface area contributed by atoms with Crippen LogP contribution in [0.25, 0.3) is 11.4 Å². The maximum absolute atomic E-state index is 12.5. The molecule has 6 nitrogen and oxygen atoms in total. The fourth-order valence-corrected chi connectivity index (χ4v) is 4.20. The van der Waals surface area contributed by atoms with Gasteiger partial charge in [0.25, 0.3) is 0 Å². The van der Waals surface area contributed by atoms with Crippen molar-refractivity contribution < 1.29 is 9.32 Å². The van der Waals surface area contributed by atoms with Gasteiger partial charge in [-0.05, 0) is 61.8 Å². The molecule has 1 saturated heterocycles. The molecule has 31 heavy (non-hydrogen) atoms. The Morgan fingerprint density at radius 1 is 1.06 bits per heavy atom. The Balaban J connectivity index is 1.26. The molecular formula is C22H21Cl3N4O2. The van der Waals surface area contributed by atoms with E-state index in [4.69, 9.17) is 39.3 Å². The second kappa shape index (κ2) is 10.0. The number of benzene rings is 2. The van der Waals surface area contributed by atoms with Crippen LogP contribution in [0.1, 0.15) is 24.3 Å². The first-order valence-corrected chi connectivity index (χ1v) is 11.1. The van der Waals surface area contributed by atoms with Crippen molar-refractivity contribution in [3.63, 3.8) is 0 Å². The quantitative estimate of drug-likeness (QED) is 0.524. The molecule has 0 radical (unpaired) electrons. The van der Waals surface area contributed by atoms with E-state index in [9.17, 15) is 4.79 Å². The van der Waals surface area contributed by atoms with Crippen LogP contribution in [0.2, 0.25) is 15.1 Å². The lowest BCUT2D eigenvalue weighted by Gasteiger charge is -2.30. The molecule has 1 aliphatic rings. The Kier molecular flexibility index (Phi) is 7.13. The summed E-state index contributed by atoms with van der Waals surface area (Å²) in [7, 11) is 0. The molecule has 0 saturated carbocycles. The molecule has 162 valence electrons. The van der Waals surface area contributed by atoms with E-state index in [0.717, 1.165) is 31.5 Å². The van der Waals surface area contributed by atoms with E-state index in [1.807, 2.05) is 24.3 Å². The van der Waals surface area contributed by atoms with E-state index < -0.39 is 0 Å². The average molecular weight is 480 g/mol. The molecular weight excluding hydrogens is 459 g/mol. The van der Waals surface area contributed by atoms with Gasteiger partial charge in [0, 0.05) is 28.1 Å². The van der Waals surface area contributed by atoms with Crippen LogP contribution >= 0.6 is 34.8 Å². The van der Waals surface area contributed by atoms with Gasteiger partial charge in [-0.2, -0.15) is 4.98 Å². The molecule has 9 heteroatoms. The topological polar surface area (TPSA) is 71.3 Å². The number of nitrogens with one attached hydrogen (secondary N) is 1. The van der Waals surface area contributed by atoms with Gasteiger partial charge in [0.1, 0.15) is 0 Å². The zero-order valence-corrected chi connectivity index (χ0v) is 18.9. The number of nitrogens with zero attached hydrogens (tertiary/aromatic N) is 3. The van der Waals surface area contributed by atoms with Gasteiger partial charge in [0.05, 0.1) is 11.6 Å². The van der Waals surface area contributed by atoms with Gasteiger partial charge in [-0.15, -0.1) is 0 Å². The van der Waals surface area contributed by atoms with Gasteiger partial charge in [0.15, 0.2) is 0 Å². The van der Waals surface area contributed by atoms with Crippen molar-refractivity contribution in [2.75, 3.05) is 13.1 Å². The molecule has 2 heterocycles. The molecule has 1 aliphatic heterocycles. The lowest BCUT2D eigenvalue weighted by molar-refractivity contribution is -0.126. The third-order valence-corrected chi connectivity index (χ3v) is 6.14. The fourth-order valence-electron chi connectivity index (χ4n) is 3.58. The smallest absolute Gasteiger partial charge is 0.241 e. The van der Waals surface area contributed by atoms with Crippen molar-refractivity contribution in [1.29, 1.82) is 0 Å². The highest BCUT2D eigenvalue weighted by Crippen LogP contribution is 2.28. The zero-order valence-electron chi connectivity index (χ0n) is 16.7. The highest BCUT2D eigenvalue weighted by molar-refractivity contribution is 6.36. The molecule has 1 aromatic heterocycles. The van der Waals surface area contributed by atoms with Crippen LogP contribution in [-0.2, 0) is 17.9 Å². The van der Waals surface area contributed by atoms with E-state index in [2.05, 4.69) is 20.4 Å². The van der Waals surface area contributed by atoms with Crippen molar-refractivity contribution in [3.05, 3.63) is 69.0 Å². The highest BCUT2D eigenvalue weighted by Gasteiger charge is 2.26. The predicted molar refractivity (Wildman–Crippen MR) is 121 cm³/mol. The first-order chi connectivity index (χ1) is 15.0. The van der Waals surface area contributed by atoms with Crippen molar-refractivity contribution in [2.24, 2.45) is 5.92 Å². The summed E-state index contributed by atoms with van der Waals surface area (Å²) < 4.78 is 5.39. The Morgan fingerprint density at radius 3 is 2.48 bits per heavy atom. The van der Waals surface area contributed by atoms with Gasteiger partial charge >= 0.3 is 0 Å². The van der Waals surface area contributed by atoms with E-state index in [1.165, 1.54) is 0 Å². The van der Waals surface area contributed by atoms with Crippen molar-refractivity contribution in [1.82, 2.24) is 20.4 Å². The number of piperidine rings is 1. The summed E-state index contributed by atoms with van der Waals surface area (Å²) in [4.78, 5) is 19.2. The number of hydrogen-bond donors (Lipinski definition) is 1. The number of carbonyl (C=O) groups is 1. The summed E-state index contributed by atoms with van der Waals surface area (Å²) in [6.45, 7) is 2.63. The third-order valence-electron chi connectivity index (χ3n) is 5.34. The lowest BCUT2D eigenvalue weighted by Crippen LogP contribution is -2.40. The first-order valence-electron chi connectivity index (χ1n) is 10.0. The molecule has 1 N–H and O–H groups in total. The summed E-state index contributed by atoms with van der Waals surface area (Å²) in [5, 5.41) is 8.77. The Hall–Kier alpha value is -2.12. The number of halogens is 3. The second-order valence-electron chi connectivity index (χ2n) is 7.53. The Morgan fingerprint density at radius 2 is 1.77 bits per heavy atom. The SMILES string of the molecule is O=C(NCc1ccc(Cl)cc1)C1CCN(Cc2nc(-c3ccc(Cl)cc3Cl)no2)CC1. The maximum atomic E-state index is 12.5. The molecule has 3 aromatic rings.